The normalized spacial score (nSPS) is 12.0. The number of amides is 2. The van der Waals surface area contributed by atoms with Crippen molar-refractivity contribution in [1.82, 2.24) is 10.2 Å². The maximum absolute atomic E-state index is 13.8. The second-order valence-corrected chi connectivity index (χ2v) is 10.9. The van der Waals surface area contributed by atoms with Gasteiger partial charge in [-0.05, 0) is 49.6 Å². The van der Waals surface area contributed by atoms with Crippen LogP contribution in [0.15, 0.2) is 83.8 Å². The molecule has 196 valence electrons. The predicted molar refractivity (Wildman–Crippen MR) is 147 cm³/mol. The van der Waals surface area contributed by atoms with Crippen molar-refractivity contribution in [1.29, 1.82) is 0 Å². The van der Waals surface area contributed by atoms with Crippen molar-refractivity contribution in [3.05, 3.63) is 95.0 Å². The van der Waals surface area contributed by atoms with Gasteiger partial charge in [0, 0.05) is 13.6 Å². The van der Waals surface area contributed by atoms with E-state index in [0.717, 1.165) is 15.4 Å². The van der Waals surface area contributed by atoms with Crippen molar-refractivity contribution in [3.8, 4) is 0 Å². The third-order valence-corrected chi connectivity index (χ3v) is 8.22. The fourth-order valence-corrected chi connectivity index (χ4v) is 5.79. The second kappa shape index (κ2) is 12.7. The molecule has 0 bridgehead atoms. The summed E-state index contributed by atoms with van der Waals surface area (Å²) in [6, 6.07) is 21.8. The Kier molecular flexibility index (Phi) is 9.72. The van der Waals surface area contributed by atoms with Gasteiger partial charge in [0.05, 0.1) is 15.6 Å². The molecule has 2 amide bonds. The SMILES string of the molecule is CC[C@@H](C(=O)NC)N(CCc1ccccc1)C(=O)CN(c1ccccc1Cl)S(=O)(=O)c1ccc(C)cc1. The molecule has 3 aromatic carbocycles. The zero-order chi connectivity index (χ0) is 27.0. The summed E-state index contributed by atoms with van der Waals surface area (Å²) in [7, 11) is -2.63. The van der Waals surface area contributed by atoms with Crippen molar-refractivity contribution in [2.75, 3.05) is 24.4 Å². The zero-order valence-electron chi connectivity index (χ0n) is 21.2. The van der Waals surface area contributed by atoms with E-state index in [1.165, 1.54) is 24.1 Å². The molecule has 0 aromatic heterocycles. The molecule has 0 saturated carbocycles. The summed E-state index contributed by atoms with van der Waals surface area (Å²) >= 11 is 6.41. The van der Waals surface area contributed by atoms with E-state index in [-0.39, 0.29) is 28.1 Å². The molecule has 9 heteroatoms. The summed E-state index contributed by atoms with van der Waals surface area (Å²) in [6.07, 6.45) is 0.883. The lowest BCUT2D eigenvalue weighted by Crippen LogP contribution is -2.52. The van der Waals surface area contributed by atoms with E-state index in [2.05, 4.69) is 5.32 Å². The number of halogens is 1. The van der Waals surface area contributed by atoms with Crippen LogP contribution in [0.4, 0.5) is 5.69 Å². The first kappa shape index (κ1) is 28.2. The third-order valence-electron chi connectivity index (χ3n) is 6.13. The van der Waals surface area contributed by atoms with Crippen molar-refractivity contribution < 1.29 is 18.0 Å². The predicted octanol–water partition coefficient (Wildman–Crippen LogP) is 4.44. The van der Waals surface area contributed by atoms with Gasteiger partial charge >= 0.3 is 0 Å². The highest BCUT2D eigenvalue weighted by molar-refractivity contribution is 7.92. The Morgan fingerprint density at radius 3 is 2.16 bits per heavy atom. The third kappa shape index (κ3) is 6.90. The maximum atomic E-state index is 13.8. The van der Waals surface area contributed by atoms with Gasteiger partial charge < -0.3 is 10.2 Å². The Morgan fingerprint density at radius 1 is 0.946 bits per heavy atom. The van der Waals surface area contributed by atoms with Gasteiger partial charge in [0.2, 0.25) is 11.8 Å². The molecule has 0 radical (unpaired) electrons. The van der Waals surface area contributed by atoms with E-state index in [1.807, 2.05) is 44.2 Å². The molecule has 7 nitrogen and oxygen atoms in total. The number of nitrogens with one attached hydrogen (secondary N) is 1. The van der Waals surface area contributed by atoms with E-state index < -0.39 is 28.5 Å². The molecule has 0 aliphatic heterocycles. The summed E-state index contributed by atoms with van der Waals surface area (Å²) in [6.45, 7) is 3.41. The molecular weight excluding hydrogens is 510 g/mol. The highest BCUT2D eigenvalue weighted by Gasteiger charge is 2.33. The van der Waals surface area contributed by atoms with E-state index in [0.29, 0.717) is 12.8 Å². The van der Waals surface area contributed by atoms with Crippen molar-refractivity contribution in [2.24, 2.45) is 0 Å². The molecule has 1 N–H and O–H groups in total. The molecule has 0 aliphatic carbocycles. The first-order valence-electron chi connectivity index (χ1n) is 12.1. The first-order chi connectivity index (χ1) is 17.7. The highest BCUT2D eigenvalue weighted by atomic mass is 35.5. The second-order valence-electron chi connectivity index (χ2n) is 8.64. The molecule has 0 fully saturated rings. The van der Waals surface area contributed by atoms with Gasteiger partial charge in [-0.25, -0.2) is 8.42 Å². The summed E-state index contributed by atoms with van der Waals surface area (Å²) in [5, 5.41) is 2.81. The Balaban J connectivity index is 2.01. The number of carbonyl (C=O) groups excluding carboxylic acids is 2. The first-order valence-corrected chi connectivity index (χ1v) is 13.9. The number of likely N-dealkylation sites (N-methyl/N-ethyl adjacent to an activating group) is 1. The number of hydrogen-bond acceptors (Lipinski definition) is 4. The Labute approximate surface area is 224 Å². The van der Waals surface area contributed by atoms with E-state index >= 15 is 0 Å². The van der Waals surface area contributed by atoms with E-state index in [9.17, 15) is 18.0 Å². The quantitative estimate of drug-likeness (QED) is 0.389. The number of sulfonamides is 1. The van der Waals surface area contributed by atoms with Crippen molar-refractivity contribution in [3.63, 3.8) is 0 Å². The maximum Gasteiger partial charge on any atom is 0.264 e. The van der Waals surface area contributed by atoms with Crippen LogP contribution >= 0.6 is 11.6 Å². The number of rotatable bonds is 11. The van der Waals surface area contributed by atoms with Crippen LogP contribution in [0.1, 0.15) is 24.5 Å². The van der Waals surface area contributed by atoms with Gasteiger partial charge in [-0.15, -0.1) is 0 Å². The minimum atomic E-state index is -4.15. The fourth-order valence-electron chi connectivity index (χ4n) is 4.07. The van der Waals surface area contributed by atoms with Crippen LogP contribution in [-0.2, 0) is 26.0 Å². The lowest BCUT2D eigenvalue weighted by molar-refractivity contribution is -0.139. The lowest BCUT2D eigenvalue weighted by Gasteiger charge is -2.33. The van der Waals surface area contributed by atoms with E-state index in [4.69, 9.17) is 11.6 Å². The van der Waals surface area contributed by atoms with Gasteiger partial charge in [0.1, 0.15) is 12.6 Å². The average Bonchev–Trinajstić information content (AvgIpc) is 2.90. The topological polar surface area (TPSA) is 86.8 Å². The fraction of sp³-hybridized carbons (Fsp3) is 0.286. The van der Waals surface area contributed by atoms with Crippen LogP contribution in [0.5, 0.6) is 0 Å². The van der Waals surface area contributed by atoms with Crippen LogP contribution in [0.25, 0.3) is 0 Å². The van der Waals surface area contributed by atoms with Crippen LogP contribution < -0.4 is 9.62 Å². The highest BCUT2D eigenvalue weighted by Crippen LogP contribution is 2.30. The van der Waals surface area contributed by atoms with Crippen LogP contribution in [0, 0.1) is 6.92 Å². The van der Waals surface area contributed by atoms with Crippen LogP contribution in [-0.4, -0.2) is 51.3 Å². The van der Waals surface area contributed by atoms with Gasteiger partial charge in [0.15, 0.2) is 0 Å². The molecular formula is C28H32ClN3O4S. The van der Waals surface area contributed by atoms with Gasteiger partial charge in [-0.1, -0.05) is 78.7 Å². The average molecular weight is 542 g/mol. The molecule has 0 unspecified atom stereocenters. The van der Waals surface area contributed by atoms with Crippen LogP contribution in [0.3, 0.4) is 0 Å². The van der Waals surface area contributed by atoms with Crippen molar-refractivity contribution in [2.45, 2.75) is 37.6 Å². The van der Waals surface area contributed by atoms with Gasteiger partial charge in [-0.2, -0.15) is 0 Å². The molecule has 0 saturated heterocycles. The molecule has 3 aromatic rings. The van der Waals surface area contributed by atoms with Crippen molar-refractivity contribution >= 4 is 39.1 Å². The minimum Gasteiger partial charge on any atom is -0.357 e. The number of aryl methyl sites for hydroxylation is 1. The molecule has 0 heterocycles. The number of benzene rings is 3. The van der Waals surface area contributed by atoms with Crippen LogP contribution in [0.2, 0.25) is 5.02 Å². The number of anilines is 1. The minimum absolute atomic E-state index is 0.0417. The number of hydrogen-bond donors (Lipinski definition) is 1. The Hall–Kier alpha value is -3.36. The number of para-hydroxylation sites is 1. The van der Waals surface area contributed by atoms with Gasteiger partial charge in [0.25, 0.3) is 10.0 Å². The Bertz CT molecular complexity index is 1310. The number of nitrogens with zero attached hydrogens (tertiary/aromatic N) is 2. The molecule has 0 spiro atoms. The Morgan fingerprint density at radius 2 is 1.57 bits per heavy atom. The zero-order valence-corrected chi connectivity index (χ0v) is 22.8. The largest absolute Gasteiger partial charge is 0.357 e. The summed E-state index contributed by atoms with van der Waals surface area (Å²) in [5.74, 6) is -0.809. The molecule has 37 heavy (non-hydrogen) atoms. The summed E-state index contributed by atoms with van der Waals surface area (Å²) < 4.78 is 28.6. The standard InChI is InChI=1S/C28H32ClN3O4S/c1-4-25(28(34)30-3)31(19-18-22-10-6-5-7-11-22)27(33)20-32(26-13-9-8-12-24(26)29)37(35,36)23-16-14-21(2)15-17-23/h5-17,25H,4,18-20H2,1-3H3,(H,30,34)/t25-/m0/s1. The monoisotopic (exact) mass is 541 g/mol. The molecule has 1 atom stereocenters. The smallest absolute Gasteiger partial charge is 0.264 e. The van der Waals surface area contributed by atoms with Gasteiger partial charge in [-0.3, -0.25) is 13.9 Å². The molecule has 3 rings (SSSR count). The molecule has 0 aliphatic rings. The summed E-state index contributed by atoms with van der Waals surface area (Å²) in [4.78, 5) is 28.0. The van der Waals surface area contributed by atoms with E-state index in [1.54, 1.807) is 36.4 Å². The lowest BCUT2D eigenvalue weighted by atomic mass is 10.1. The number of carbonyl (C=O) groups is 2. The summed E-state index contributed by atoms with van der Waals surface area (Å²) in [5.41, 5.74) is 2.10.